The Balaban J connectivity index is 1.46. The molecule has 2 aliphatic heterocycles. The molecular formula is C15H20N2O3. The van der Waals surface area contributed by atoms with Gasteiger partial charge in [0.25, 0.3) is 5.91 Å². The van der Waals surface area contributed by atoms with Gasteiger partial charge < -0.3 is 19.7 Å². The maximum atomic E-state index is 12.0. The molecule has 1 aromatic carbocycles. The van der Waals surface area contributed by atoms with Gasteiger partial charge in [-0.2, -0.15) is 0 Å². The minimum absolute atomic E-state index is 0.0984. The molecule has 1 fully saturated rings. The first-order chi connectivity index (χ1) is 9.83. The van der Waals surface area contributed by atoms with E-state index in [9.17, 15) is 4.79 Å². The third-order valence-corrected chi connectivity index (χ3v) is 3.73. The first-order valence-corrected chi connectivity index (χ1v) is 7.21. The molecule has 0 aromatic heterocycles. The predicted molar refractivity (Wildman–Crippen MR) is 75.0 cm³/mol. The van der Waals surface area contributed by atoms with Gasteiger partial charge in [0.1, 0.15) is 6.61 Å². The normalized spacial score (nSPS) is 21.7. The van der Waals surface area contributed by atoms with E-state index in [0.29, 0.717) is 18.0 Å². The zero-order chi connectivity index (χ0) is 13.8. The standard InChI is InChI=1S/C15H20N2O3/c18-15(16-7-10-17-8-3-4-9-17)14-11-19-12-5-1-2-6-13(12)20-14/h1-2,5-6,14H,3-4,7-11H2,(H,16,18)/t14-/m0/s1. The van der Waals surface area contributed by atoms with Gasteiger partial charge in [-0.15, -0.1) is 0 Å². The average molecular weight is 276 g/mol. The van der Waals surface area contributed by atoms with E-state index >= 15 is 0 Å². The maximum absolute atomic E-state index is 12.0. The number of fused-ring (bicyclic) bond motifs is 1. The first kappa shape index (κ1) is 13.2. The Labute approximate surface area is 118 Å². The van der Waals surface area contributed by atoms with Crippen LogP contribution in [0.15, 0.2) is 24.3 Å². The molecule has 108 valence electrons. The second-order valence-electron chi connectivity index (χ2n) is 5.20. The number of carbonyl (C=O) groups excluding carboxylic acids is 1. The zero-order valence-corrected chi connectivity index (χ0v) is 11.5. The second-order valence-corrected chi connectivity index (χ2v) is 5.20. The molecule has 1 saturated heterocycles. The lowest BCUT2D eigenvalue weighted by Crippen LogP contribution is -2.45. The summed E-state index contributed by atoms with van der Waals surface area (Å²) in [6.07, 6.45) is 1.98. The Kier molecular flexibility index (Phi) is 4.06. The molecule has 0 bridgehead atoms. The largest absolute Gasteiger partial charge is 0.485 e. The Morgan fingerprint density at radius 2 is 2.00 bits per heavy atom. The summed E-state index contributed by atoms with van der Waals surface area (Å²) in [6.45, 7) is 4.14. The van der Waals surface area contributed by atoms with Crippen molar-refractivity contribution in [3.63, 3.8) is 0 Å². The molecule has 1 aromatic rings. The third kappa shape index (κ3) is 3.04. The Hall–Kier alpha value is -1.75. The van der Waals surface area contributed by atoms with Crippen molar-refractivity contribution >= 4 is 5.91 Å². The third-order valence-electron chi connectivity index (χ3n) is 3.73. The fraction of sp³-hybridized carbons (Fsp3) is 0.533. The molecule has 0 unspecified atom stereocenters. The van der Waals surface area contributed by atoms with E-state index in [1.807, 2.05) is 24.3 Å². The van der Waals surface area contributed by atoms with Crippen LogP contribution in [0.4, 0.5) is 0 Å². The van der Waals surface area contributed by atoms with Crippen molar-refractivity contribution in [1.29, 1.82) is 0 Å². The van der Waals surface area contributed by atoms with Crippen LogP contribution < -0.4 is 14.8 Å². The highest BCUT2D eigenvalue weighted by molar-refractivity contribution is 5.81. The summed E-state index contributed by atoms with van der Waals surface area (Å²) in [5.74, 6) is 1.24. The molecule has 3 rings (SSSR count). The van der Waals surface area contributed by atoms with Crippen molar-refractivity contribution in [2.45, 2.75) is 18.9 Å². The molecule has 0 aliphatic carbocycles. The van der Waals surface area contributed by atoms with E-state index in [1.54, 1.807) is 0 Å². The summed E-state index contributed by atoms with van der Waals surface area (Å²) in [5, 5.41) is 2.92. The molecule has 1 N–H and O–H groups in total. The summed E-state index contributed by atoms with van der Waals surface area (Å²) >= 11 is 0. The number of nitrogens with one attached hydrogen (secondary N) is 1. The molecule has 0 radical (unpaired) electrons. The van der Waals surface area contributed by atoms with Crippen molar-refractivity contribution in [1.82, 2.24) is 10.2 Å². The molecule has 5 heteroatoms. The van der Waals surface area contributed by atoms with Crippen molar-refractivity contribution < 1.29 is 14.3 Å². The number of ether oxygens (including phenoxy) is 2. The highest BCUT2D eigenvalue weighted by Crippen LogP contribution is 2.30. The fourth-order valence-electron chi connectivity index (χ4n) is 2.61. The first-order valence-electron chi connectivity index (χ1n) is 7.21. The van der Waals surface area contributed by atoms with Crippen molar-refractivity contribution in [3.8, 4) is 11.5 Å². The number of hydrogen-bond donors (Lipinski definition) is 1. The Bertz CT molecular complexity index is 472. The van der Waals surface area contributed by atoms with E-state index in [1.165, 1.54) is 12.8 Å². The molecule has 0 spiro atoms. The Morgan fingerprint density at radius 3 is 2.80 bits per heavy atom. The maximum Gasteiger partial charge on any atom is 0.264 e. The van der Waals surface area contributed by atoms with Crippen molar-refractivity contribution in [3.05, 3.63) is 24.3 Å². The van der Waals surface area contributed by atoms with Crippen LogP contribution >= 0.6 is 0 Å². The lowest BCUT2D eigenvalue weighted by atomic mass is 10.2. The van der Waals surface area contributed by atoms with Crippen LogP contribution in [0, 0.1) is 0 Å². The van der Waals surface area contributed by atoms with Gasteiger partial charge in [0, 0.05) is 13.1 Å². The summed E-state index contributed by atoms with van der Waals surface area (Å²) < 4.78 is 11.2. The molecule has 20 heavy (non-hydrogen) atoms. The SMILES string of the molecule is O=C(NCCN1CCCC1)[C@@H]1COc2ccccc2O1. The molecule has 2 heterocycles. The van der Waals surface area contributed by atoms with E-state index < -0.39 is 6.10 Å². The summed E-state index contributed by atoms with van der Waals surface area (Å²) in [7, 11) is 0. The summed E-state index contributed by atoms with van der Waals surface area (Å²) in [4.78, 5) is 14.4. The van der Waals surface area contributed by atoms with Crippen molar-refractivity contribution in [2.75, 3.05) is 32.8 Å². The van der Waals surface area contributed by atoms with Gasteiger partial charge in [-0.1, -0.05) is 12.1 Å². The molecule has 1 amide bonds. The minimum Gasteiger partial charge on any atom is -0.485 e. The topological polar surface area (TPSA) is 50.8 Å². The molecule has 2 aliphatic rings. The monoisotopic (exact) mass is 276 g/mol. The number of benzene rings is 1. The number of amides is 1. The van der Waals surface area contributed by atoms with Gasteiger partial charge in [-0.05, 0) is 38.1 Å². The number of para-hydroxylation sites is 2. The summed E-state index contributed by atoms with van der Waals surface area (Å²) in [6, 6.07) is 7.42. The van der Waals surface area contributed by atoms with Crippen LogP contribution in [0.2, 0.25) is 0 Å². The smallest absolute Gasteiger partial charge is 0.264 e. The van der Waals surface area contributed by atoms with Gasteiger partial charge in [-0.3, -0.25) is 4.79 Å². The zero-order valence-electron chi connectivity index (χ0n) is 11.5. The van der Waals surface area contributed by atoms with Crippen LogP contribution in [0.25, 0.3) is 0 Å². The fourth-order valence-corrected chi connectivity index (χ4v) is 2.61. The molecule has 1 atom stereocenters. The number of hydrogen-bond acceptors (Lipinski definition) is 4. The molecule has 0 saturated carbocycles. The lowest BCUT2D eigenvalue weighted by molar-refractivity contribution is -0.130. The van der Waals surface area contributed by atoms with Gasteiger partial charge in [0.2, 0.25) is 6.10 Å². The Morgan fingerprint density at radius 1 is 1.25 bits per heavy atom. The lowest BCUT2D eigenvalue weighted by Gasteiger charge is -2.25. The number of nitrogens with zero attached hydrogens (tertiary/aromatic N) is 1. The van der Waals surface area contributed by atoms with E-state index in [-0.39, 0.29) is 12.5 Å². The van der Waals surface area contributed by atoms with Crippen LogP contribution in [0.3, 0.4) is 0 Å². The second kappa shape index (κ2) is 6.13. The van der Waals surface area contributed by atoms with E-state index in [2.05, 4.69) is 10.2 Å². The van der Waals surface area contributed by atoms with Gasteiger partial charge in [0.15, 0.2) is 11.5 Å². The van der Waals surface area contributed by atoms with Crippen molar-refractivity contribution in [2.24, 2.45) is 0 Å². The highest BCUT2D eigenvalue weighted by Gasteiger charge is 2.27. The van der Waals surface area contributed by atoms with Crippen LogP contribution in [-0.4, -0.2) is 49.7 Å². The van der Waals surface area contributed by atoms with Gasteiger partial charge >= 0.3 is 0 Å². The van der Waals surface area contributed by atoms with Gasteiger partial charge in [-0.25, -0.2) is 0 Å². The quantitative estimate of drug-likeness (QED) is 0.892. The van der Waals surface area contributed by atoms with E-state index in [0.717, 1.165) is 19.6 Å². The van der Waals surface area contributed by atoms with Crippen LogP contribution in [0.1, 0.15) is 12.8 Å². The molecular weight excluding hydrogens is 256 g/mol. The molecule has 5 nitrogen and oxygen atoms in total. The highest BCUT2D eigenvalue weighted by atomic mass is 16.6. The van der Waals surface area contributed by atoms with E-state index in [4.69, 9.17) is 9.47 Å². The number of rotatable bonds is 4. The average Bonchev–Trinajstić information content (AvgIpc) is 3.00. The van der Waals surface area contributed by atoms with Crippen LogP contribution in [0.5, 0.6) is 11.5 Å². The van der Waals surface area contributed by atoms with Crippen LogP contribution in [-0.2, 0) is 4.79 Å². The van der Waals surface area contributed by atoms with Gasteiger partial charge in [0.05, 0.1) is 0 Å². The number of likely N-dealkylation sites (tertiary alicyclic amines) is 1. The minimum atomic E-state index is -0.552. The number of carbonyl (C=O) groups is 1. The predicted octanol–water partition coefficient (Wildman–Crippen LogP) is 1.04. The summed E-state index contributed by atoms with van der Waals surface area (Å²) in [5.41, 5.74) is 0.